The van der Waals surface area contributed by atoms with Gasteiger partial charge in [0.1, 0.15) is 5.75 Å². The highest BCUT2D eigenvalue weighted by molar-refractivity contribution is 5.90. The molecule has 0 saturated heterocycles. The van der Waals surface area contributed by atoms with Gasteiger partial charge in [0.25, 0.3) is 0 Å². The molecule has 0 atom stereocenters. The molecular weight excluding hydrogens is 232 g/mol. The Kier molecular flexibility index (Phi) is 4.87. The summed E-state index contributed by atoms with van der Waals surface area (Å²) in [6.07, 6.45) is 2.78. The van der Waals surface area contributed by atoms with E-state index in [1.165, 1.54) is 19.3 Å². The molecule has 0 aromatic heterocycles. The monoisotopic (exact) mass is 246 g/mol. The minimum Gasteiger partial charge on any atom is -0.466 e. The molecule has 0 spiro atoms. The number of benzene rings is 1. The second-order valence-electron chi connectivity index (χ2n) is 3.56. The molecule has 0 radical (unpaired) electrons. The normalized spacial score (nSPS) is 10.1. The van der Waals surface area contributed by atoms with Gasteiger partial charge in [-0.1, -0.05) is 24.8 Å². The fraction of sp³-hybridized carbons (Fsp3) is 0.143. The molecule has 0 saturated carbocycles. The van der Waals surface area contributed by atoms with Crippen LogP contribution >= 0.6 is 0 Å². The van der Waals surface area contributed by atoms with E-state index in [0.717, 1.165) is 0 Å². The van der Waals surface area contributed by atoms with Crippen LogP contribution in [0.5, 0.6) is 5.75 Å². The number of para-hydroxylation sites is 1. The summed E-state index contributed by atoms with van der Waals surface area (Å²) in [7, 11) is 1.29. The number of esters is 2. The lowest BCUT2D eigenvalue weighted by molar-refractivity contribution is -0.134. The van der Waals surface area contributed by atoms with Crippen molar-refractivity contribution in [2.45, 2.75) is 6.92 Å². The van der Waals surface area contributed by atoms with Crippen LogP contribution in [-0.2, 0) is 14.3 Å². The predicted octanol–water partition coefficient (Wildman–Crippen LogP) is 2.35. The van der Waals surface area contributed by atoms with E-state index in [1.54, 1.807) is 31.2 Å². The van der Waals surface area contributed by atoms with Crippen LogP contribution in [0, 0.1) is 0 Å². The van der Waals surface area contributed by atoms with Crippen molar-refractivity contribution < 1.29 is 19.1 Å². The van der Waals surface area contributed by atoms with Crippen molar-refractivity contribution in [3.05, 3.63) is 48.1 Å². The van der Waals surface area contributed by atoms with Crippen LogP contribution in [0.1, 0.15) is 12.5 Å². The first-order valence-electron chi connectivity index (χ1n) is 5.27. The first-order valence-corrected chi connectivity index (χ1v) is 5.27. The van der Waals surface area contributed by atoms with E-state index in [-0.39, 0.29) is 0 Å². The van der Waals surface area contributed by atoms with E-state index >= 15 is 0 Å². The van der Waals surface area contributed by atoms with Gasteiger partial charge in [0, 0.05) is 17.2 Å². The van der Waals surface area contributed by atoms with Gasteiger partial charge in [-0.05, 0) is 19.1 Å². The smallest absolute Gasteiger partial charge is 0.338 e. The molecule has 0 fully saturated rings. The molecule has 1 aromatic carbocycles. The maximum Gasteiger partial charge on any atom is 0.338 e. The predicted molar refractivity (Wildman–Crippen MR) is 67.9 cm³/mol. The zero-order valence-corrected chi connectivity index (χ0v) is 10.3. The van der Waals surface area contributed by atoms with Gasteiger partial charge < -0.3 is 9.47 Å². The zero-order chi connectivity index (χ0) is 13.5. The molecule has 0 amide bonds. The summed E-state index contributed by atoms with van der Waals surface area (Å²) in [5.41, 5.74) is 0.916. The topological polar surface area (TPSA) is 52.6 Å². The minimum absolute atomic E-state index is 0.307. The molecule has 0 aliphatic carbocycles. The summed E-state index contributed by atoms with van der Waals surface area (Å²) in [6.45, 7) is 5.07. The van der Waals surface area contributed by atoms with Crippen LogP contribution in [0.2, 0.25) is 0 Å². The Bertz CT molecular complexity index is 500. The Morgan fingerprint density at radius 3 is 2.56 bits per heavy atom. The second kappa shape index (κ2) is 6.39. The van der Waals surface area contributed by atoms with Crippen LogP contribution in [-0.4, -0.2) is 19.0 Å². The molecular formula is C14H14O4. The maximum atomic E-state index is 11.4. The van der Waals surface area contributed by atoms with Crippen LogP contribution in [0.15, 0.2) is 42.5 Å². The van der Waals surface area contributed by atoms with E-state index in [2.05, 4.69) is 11.3 Å². The van der Waals surface area contributed by atoms with E-state index in [1.807, 2.05) is 0 Å². The first kappa shape index (κ1) is 13.7. The summed E-state index contributed by atoms with van der Waals surface area (Å²) in [5, 5.41) is 0. The highest BCUT2D eigenvalue weighted by Crippen LogP contribution is 2.20. The number of methoxy groups -OCH3 is 1. The highest BCUT2D eigenvalue weighted by Gasteiger charge is 2.08. The molecule has 94 valence electrons. The largest absolute Gasteiger partial charge is 0.466 e. The second-order valence-corrected chi connectivity index (χ2v) is 3.56. The van der Waals surface area contributed by atoms with Gasteiger partial charge in [0.2, 0.25) is 0 Å². The number of carbonyl (C=O) groups is 2. The van der Waals surface area contributed by atoms with Gasteiger partial charge in [0.05, 0.1) is 7.11 Å². The lowest BCUT2D eigenvalue weighted by Gasteiger charge is -2.06. The molecule has 0 heterocycles. The third kappa shape index (κ3) is 3.90. The lowest BCUT2D eigenvalue weighted by Crippen LogP contribution is -2.09. The van der Waals surface area contributed by atoms with Gasteiger partial charge >= 0.3 is 11.9 Å². The Hall–Kier alpha value is -2.36. The minimum atomic E-state index is -0.506. The third-order valence-corrected chi connectivity index (χ3v) is 2.07. The average molecular weight is 246 g/mol. The van der Waals surface area contributed by atoms with Crippen LogP contribution in [0.3, 0.4) is 0 Å². The number of hydrogen-bond acceptors (Lipinski definition) is 4. The Morgan fingerprint density at radius 2 is 1.94 bits per heavy atom. The Labute approximate surface area is 106 Å². The van der Waals surface area contributed by atoms with Crippen molar-refractivity contribution in [1.29, 1.82) is 0 Å². The number of rotatable bonds is 4. The maximum absolute atomic E-state index is 11.4. The molecule has 0 N–H and O–H groups in total. The molecule has 0 bridgehead atoms. The van der Waals surface area contributed by atoms with Gasteiger partial charge in [-0.2, -0.15) is 0 Å². The molecule has 4 heteroatoms. The van der Waals surface area contributed by atoms with Gasteiger partial charge in [-0.3, -0.25) is 0 Å². The van der Waals surface area contributed by atoms with Crippen LogP contribution in [0.25, 0.3) is 6.08 Å². The lowest BCUT2D eigenvalue weighted by atomic mass is 10.2. The number of hydrogen-bond donors (Lipinski definition) is 0. The third-order valence-electron chi connectivity index (χ3n) is 2.07. The summed E-state index contributed by atoms with van der Waals surface area (Å²) in [4.78, 5) is 22.4. The Morgan fingerprint density at radius 1 is 1.28 bits per heavy atom. The average Bonchev–Trinajstić information content (AvgIpc) is 2.37. The fourth-order valence-corrected chi connectivity index (χ4v) is 1.12. The number of ether oxygens (including phenoxy) is 2. The summed E-state index contributed by atoms with van der Waals surface area (Å²) >= 11 is 0. The quantitative estimate of drug-likeness (QED) is 0.465. The van der Waals surface area contributed by atoms with Gasteiger partial charge in [-0.15, -0.1) is 0 Å². The molecule has 4 nitrogen and oxygen atoms in total. The first-order chi connectivity index (χ1) is 8.54. The molecule has 18 heavy (non-hydrogen) atoms. The van der Waals surface area contributed by atoms with Gasteiger partial charge in [0.15, 0.2) is 0 Å². The summed E-state index contributed by atoms with van der Waals surface area (Å²) < 4.78 is 9.61. The zero-order valence-electron chi connectivity index (χ0n) is 10.3. The van der Waals surface area contributed by atoms with Crippen molar-refractivity contribution >= 4 is 18.0 Å². The van der Waals surface area contributed by atoms with E-state index in [9.17, 15) is 9.59 Å². The molecule has 0 aliphatic rings. The van der Waals surface area contributed by atoms with E-state index in [0.29, 0.717) is 16.9 Å². The molecule has 1 aromatic rings. The van der Waals surface area contributed by atoms with Crippen molar-refractivity contribution in [2.75, 3.05) is 7.11 Å². The molecule has 0 aliphatic heterocycles. The van der Waals surface area contributed by atoms with Crippen molar-refractivity contribution in [3.63, 3.8) is 0 Å². The molecule has 1 rings (SSSR count). The SMILES string of the molecule is C=C(C)C(=O)Oc1ccccc1/C=C/C(=O)OC. The van der Waals surface area contributed by atoms with Gasteiger partial charge in [-0.25, -0.2) is 9.59 Å². The standard InChI is InChI=1S/C14H14O4/c1-10(2)14(16)18-12-7-5-4-6-11(12)8-9-13(15)17-3/h4-9H,1H2,2-3H3/b9-8+. The fourth-order valence-electron chi connectivity index (χ4n) is 1.12. The summed E-state index contributed by atoms with van der Waals surface area (Å²) in [5.74, 6) is -0.615. The van der Waals surface area contributed by atoms with Crippen LogP contribution in [0.4, 0.5) is 0 Å². The molecule has 0 unspecified atom stereocenters. The highest BCUT2D eigenvalue weighted by atomic mass is 16.5. The van der Waals surface area contributed by atoms with Crippen LogP contribution < -0.4 is 4.74 Å². The summed E-state index contributed by atoms with van der Waals surface area (Å²) in [6, 6.07) is 6.86. The van der Waals surface area contributed by atoms with E-state index < -0.39 is 11.9 Å². The van der Waals surface area contributed by atoms with Crippen molar-refractivity contribution in [1.82, 2.24) is 0 Å². The van der Waals surface area contributed by atoms with E-state index in [4.69, 9.17) is 4.74 Å². The van der Waals surface area contributed by atoms with Crippen molar-refractivity contribution in [2.24, 2.45) is 0 Å². The Balaban J connectivity index is 2.93. The number of carbonyl (C=O) groups excluding carboxylic acids is 2. The van der Waals surface area contributed by atoms with Crippen molar-refractivity contribution in [3.8, 4) is 5.75 Å².